The van der Waals surface area contributed by atoms with Crippen molar-refractivity contribution in [3.63, 3.8) is 0 Å². The number of carbonyl (C=O) groups excluding carboxylic acids is 1. The summed E-state index contributed by atoms with van der Waals surface area (Å²) in [5, 5.41) is 0.836. The Kier molecular flexibility index (Phi) is 30.0. The SMILES string of the molecule is C=C(C)C(=O)OCCOCCOCCOCCOCCOCCOCCOCCOCCOCCBr. The summed E-state index contributed by atoms with van der Waals surface area (Å²) in [7, 11) is 0. The molecule has 0 saturated heterocycles. The maximum absolute atomic E-state index is 11.2. The molecule has 0 fully saturated rings. The summed E-state index contributed by atoms with van der Waals surface area (Å²) in [6, 6.07) is 0. The molecule has 0 spiro atoms. The summed E-state index contributed by atoms with van der Waals surface area (Å²) in [5.41, 5.74) is 0.373. The molecule has 0 radical (unpaired) electrons. The van der Waals surface area contributed by atoms with Gasteiger partial charge in [-0.3, -0.25) is 0 Å². The molecule has 0 N–H and O–H groups in total. The molecule has 0 bridgehead atoms. The van der Waals surface area contributed by atoms with Crippen LogP contribution < -0.4 is 0 Å². The molecule has 0 aliphatic carbocycles. The minimum Gasteiger partial charge on any atom is -0.460 e. The van der Waals surface area contributed by atoms with E-state index in [0.29, 0.717) is 124 Å². The Labute approximate surface area is 224 Å². The second kappa shape index (κ2) is 30.6. The van der Waals surface area contributed by atoms with Crippen LogP contribution in [0.2, 0.25) is 0 Å². The van der Waals surface area contributed by atoms with E-state index in [4.69, 9.17) is 47.4 Å². The highest BCUT2D eigenvalue weighted by atomic mass is 79.9. The quantitative estimate of drug-likeness (QED) is 0.0528. The first-order chi connectivity index (χ1) is 17.7. The van der Waals surface area contributed by atoms with E-state index in [0.717, 1.165) is 5.33 Å². The van der Waals surface area contributed by atoms with E-state index in [1.165, 1.54) is 0 Å². The van der Waals surface area contributed by atoms with E-state index in [9.17, 15) is 4.79 Å². The number of alkyl halides is 1. The molecule has 0 aromatic heterocycles. The fourth-order valence-electron chi connectivity index (χ4n) is 2.23. The Hall–Kier alpha value is -0.670. The fraction of sp³-hybridized carbons (Fsp3) is 0.875. The normalized spacial score (nSPS) is 11.2. The van der Waals surface area contributed by atoms with Gasteiger partial charge in [0.2, 0.25) is 0 Å². The van der Waals surface area contributed by atoms with Gasteiger partial charge >= 0.3 is 5.97 Å². The zero-order chi connectivity index (χ0) is 26.4. The zero-order valence-electron chi connectivity index (χ0n) is 21.7. The van der Waals surface area contributed by atoms with Crippen LogP contribution in [0, 0.1) is 0 Å². The van der Waals surface area contributed by atoms with Crippen molar-refractivity contribution in [1.29, 1.82) is 0 Å². The molecule has 0 saturated carbocycles. The molecular weight excluding hydrogens is 544 g/mol. The number of halogens is 1. The number of rotatable bonds is 30. The van der Waals surface area contributed by atoms with Crippen LogP contribution in [0.5, 0.6) is 0 Å². The van der Waals surface area contributed by atoms with Gasteiger partial charge in [0.25, 0.3) is 0 Å². The smallest absolute Gasteiger partial charge is 0.333 e. The van der Waals surface area contributed by atoms with Gasteiger partial charge in [-0.15, -0.1) is 0 Å². The van der Waals surface area contributed by atoms with Crippen LogP contribution in [-0.2, 0) is 52.2 Å². The second-order valence-electron chi connectivity index (χ2n) is 7.12. The summed E-state index contributed by atoms with van der Waals surface area (Å²) < 4.78 is 53.3. The van der Waals surface area contributed by atoms with Crippen LogP contribution >= 0.6 is 15.9 Å². The first-order valence-electron chi connectivity index (χ1n) is 12.3. The standard InChI is InChI=1S/C24H45BrO11/c1-23(2)24(26)36-22-21-35-20-19-34-18-17-33-16-15-32-14-13-31-12-11-30-10-9-29-8-7-28-6-5-27-4-3-25/h1,3-22H2,2H3. The lowest BCUT2D eigenvalue weighted by atomic mass is 10.4. The Balaban J connectivity index is 3.05. The minimum atomic E-state index is -0.410. The van der Waals surface area contributed by atoms with E-state index in [2.05, 4.69) is 22.5 Å². The maximum atomic E-state index is 11.2. The van der Waals surface area contributed by atoms with E-state index < -0.39 is 5.97 Å². The van der Waals surface area contributed by atoms with Crippen LogP contribution in [0.1, 0.15) is 6.92 Å². The van der Waals surface area contributed by atoms with Gasteiger partial charge in [0.1, 0.15) is 6.61 Å². The predicted molar refractivity (Wildman–Crippen MR) is 137 cm³/mol. The highest BCUT2D eigenvalue weighted by Crippen LogP contribution is 1.92. The lowest BCUT2D eigenvalue weighted by Gasteiger charge is -2.09. The third kappa shape index (κ3) is 29.6. The van der Waals surface area contributed by atoms with Crippen LogP contribution in [0.25, 0.3) is 0 Å². The third-order valence-corrected chi connectivity index (χ3v) is 4.33. The molecule has 214 valence electrons. The Morgan fingerprint density at radius 3 is 0.917 bits per heavy atom. The maximum Gasteiger partial charge on any atom is 0.333 e. The average molecular weight is 590 g/mol. The molecule has 11 nitrogen and oxygen atoms in total. The van der Waals surface area contributed by atoms with Crippen molar-refractivity contribution in [2.45, 2.75) is 6.92 Å². The molecule has 0 aromatic carbocycles. The summed E-state index contributed by atoms with van der Waals surface area (Å²) >= 11 is 3.29. The second-order valence-corrected chi connectivity index (χ2v) is 7.91. The van der Waals surface area contributed by atoms with Crippen LogP contribution in [0.15, 0.2) is 12.2 Å². The van der Waals surface area contributed by atoms with Gasteiger partial charge in [0, 0.05) is 10.9 Å². The first-order valence-corrected chi connectivity index (χ1v) is 13.4. The van der Waals surface area contributed by atoms with Gasteiger partial charge in [-0.2, -0.15) is 0 Å². The lowest BCUT2D eigenvalue weighted by Crippen LogP contribution is -2.15. The van der Waals surface area contributed by atoms with Crippen molar-refractivity contribution in [2.75, 3.05) is 131 Å². The molecule has 0 aliphatic rings. The summed E-state index contributed by atoms with van der Waals surface area (Å²) in [4.78, 5) is 11.2. The zero-order valence-corrected chi connectivity index (χ0v) is 23.3. The minimum absolute atomic E-state index is 0.204. The van der Waals surface area contributed by atoms with E-state index in [-0.39, 0.29) is 6.61 Å². The van der Waals surface area contributed by atoms with Gasteiger partial charge < -0.3 is 47.4 Å². The molecule has 0 aromatic rings. The summed E-state index contributed by atoms with van der Waals surface area (Å²) in [6.45, 7) is 14.5. The lowest BCUT2D eigenvalue weighted by molar-refractivity contribution is -0.140. The Morgan fingerprint density at radius 1 is 0.472 bits per heavy atom. The number of carbonyl (C=O) groups is 1. The fourth-order valence-corrected chi connectivity index (χ4v) is 2.46. The van der Waals surface area contributed by atoms with Gasteiger partial charge in [0.15, 0.2) is 0 Å². The molecule has 0 atom stereocenters. The molecule has 0 heterocycles. The van der Waals surface area contributed by atoms with Crippen LogP contribution in [0.4, 0.5) is 0 Å². The molecule has 0 unspecified atom stereocenters. The summed E-state index contributed by atoms with van der Waals surface area (Å²) in [5.74, 6) is -0.410. The third-order valence-electron chi connectivity index (χ3n) is 4.01. The number of esters is 1. The van der Waals surface area contributed by atoms with Crippen molar-refractivity contribution < 1.29 is 52.2 Å². The van der Waals surface area contributed by atoms with Crippen molar-refractivity contribution in [3.05, 3.63) is 12.2 Å². The van der Waals surface area contributed by atoms with Crippen molar-refractivity contribution in [2.24, 2.45) is 0 Å². The van der Waals surface area contributed by atoms with Gasteiger partial charge in [-0.25, -0.2) is 4.79 Å². The number of hydrogen-bond acceptors (Lipinski definition) is 11. The largest absolute Gasteiger partial charge is 0.460 e. The first kappa shape index (κ1) is 35.3. The molecule has 0 aliphatic heterocycles. The average Bonchev–Trinajstić information content (AvgIpc) is 2.87. The van der Waals surface area contributed by atoms with E-state index >= 15 is 0 Å². The molecular formula is C24H45BrO11. The van der Waals surface area contributed by atoms with Crippen LogP contribution in [0.3, 0.4) is 0 Å². The van der Waals surface area contributed by atoms with Gasteiger partial charge in [0.05, 0.1) is 119 Å². The van der Waals surface area contributed by atoms with Gasteiger partial charge in [-0.1, -0.05) is 22.5 Å². The van der Waals surface area contributed by atoms with Crippen LogP contribution in [-0.4, -0.2) is 137 Å². The monoisotopic (exact) mass is 588 g/mol. The highest BCUT2D eigenvalue weighted by molar-refractivity contribution is 9.09. The Bertz CT molecular complexity index is 483. The molecule has 36 heavy (non-hydrogen) atoms. The van der Waals surface area contributed by atoms with Crippen molar-refractivity contribution >= 4 is 21.9 Å². The van der Waals surface area contributed by atoms with Crippen molar-refractivity contribution in [1.82, 2.24) is 0 Å². The summed E-state index contributed by atoms with van der Waals surface area (Å²) in [6.07, 6.45) is 0. The number of ether oxygens (including phenoxy) is 10. The molecule has 0 rings (SSSR count). The van der Waals surface area contributed by atoms with E-state index in [1.54, 1.807) is 6.92 Å². The van der Waals surface area contributed by atoms with E-state index in [1.807, 2.05) is 0 Å². The molecule has 0 amide bonds. The number of hydrogen-bond donors (Lipinski definition) is 0. The topological polar surface area (TPSA) is 109 Å². The Morgan fingerprint density at radius 2 is 0.694 bits per heavy atom. The highest BCUT2D eigenvalue weighted by Gasteiger charge is 2.01. The van der Waals surface area contributed by atoms with Crippen molar-refractivity contribution in [3.8, 4) is 0 Å². The van der Waals surface area contributed by atoms with Gasteiger partial charge in [-0.05, 0) is 6.92 Å². The predicted octanol–water partition coefficient (Wildman–Crippen LogP) is 1.65. The molecule has 12 heteroatoms.